The van der Waals surface area contributed by atoms with Crippen LogP contribution in [-0.4, -0.2) is 17.0 Å². The number of nitrogens with one attached hydrogen (secondary N) is 1. The van der Waals surface area contributed by atoms with Gasteiger partial charge in [-0.2, -0.15) is 0 Å². The van der Waals surface area contributed by atoms with Crippen LogP contribution < -0.4 is 5.32 Å². The van der Waals surface area contributed by atoms with Crippen LogP contribution in [-0.2, 0) is 4.74 Å². The van der Waals surface area contributed by atoms with Crippen molar-refractivity contribution in [2.75, 3.05) is 10.6 Å². The fourth-order valence-corrected chi connectivity index (χ4v) is 1.78. The molecule has 1 N–H and O–H groups in total. The molecule has 1 amide bonds. The number of rotatable bonds is 3. The molecule has 0 aromatic heterocycles. The Kier molecular flexibility index (Phi) is 5.20. The zero-order valence-corrected chi connectivity index (χ0v) is 12.9. The number of ether oxygens (including phenoxy) is 1. The minimum Gasteiger partial charge on any atom is -0.444 e. The zero-order valence-electron chi connectivity index (χ0n) is 11.3. The molecule has 0 heterocycles. The molecule has 0 aliphatic rings. The molecular formula is C14H20BrNO2. The van der Waals surface area contributed by atoms with E-state index in [-0.39, 0.29) is 0 Å². The molecule has 0 radical (unpaired) electrons. The zero-order chi connectivity index (χ0) is 13.8. The second-order valence-electron chi connectivity index (χ2n) is 5.30. The lowest BCUT2D eigenvalue weighted by molar-refractivity contribution is 0.0636. The summed E-state index contributed by atoms with van der Waals surface area (Å²) >= 11 is 3.45. The highest BCUT2D eigenvalue weighted by molar-refractivity contribution is 9.09. The van der Waals surface area contributed by atoms with Crippen LogP contribution in [0.15, 0.2) is 24.3 Å². The molecular weight excluding hydrogens is 294 g/mol. The molecule has 4 heteroatoms. The molecule has 0 aliphatic heterocycles. The standard InChI is InChI=1S/C14H20BrNO2/c1-10(9-15)11-5-7-12(8-6-11)16-13(17)18-14(2,3)4/h5-8,10H,9H2,1-4H3,(H,16,17). The summed E-state index contributed by atoms with van der Waals surface area (Å²) in [5.74, 6) is 0.459. The molecule has 0 saturated heterocycles. The summed E-state index contributed by atoms with van der Waals surface area (Å²) in [4.78, 5) is 11.6. The number of anilines is 1. The van der Waals surface area contributed by atoms with Crippen molar-refractivity contribution in [3.8, 4) is 0 Å². The van der Waals surface area contributed by atoms with Crippen LogP contribution in [0.1, 0.15) is 39.2 Å². The van der Waals surface area contributed by atoms with Gasteiger partial charge in [0.05, 0.1) is 0 Å². The first-order chi connectivity index (χ1) is 8.31. The monoisotopic (exact) mass is 313 g/mol. The van der Waals surface area contributed by atoms with Crippen LogP contribution in [0.5, 0.6) is 0 Å². The molecule has 0 spiro atoms. The van der Waals surface area contributed by atoms with Crippen molar-refractivity contribution in [1.29, 1.82) is 0 Å². The first-order valence-corrected chi connectivity index (χ1v) is 7.10. The van der Waals surface area contributed by atoms with E-state index in [0.29, 0.717) is 5.92 Å². The van der Waals surface area contributed by atoms with Gasteiger partial charge in [0.25, 0.3) is 0 Å². The summed E-state index contributed by atoms with van der Waals surface area (Å²) in [5.41, 5.74) is 1.51. The first-order valence-electron chi connectivity index (χ1n) is 5.98. The van der Waals surface area contributed by atoms with Gasteiger partial charge in [0.1, 0.15) is 5.60 Å². The fraction of sp³-hybridized carbons (Fsp3) is 0.500. The molecule has 1 atom stereocenters. The summed E-state index contributed by atoms with van der Waals surface area (Å²) in [6.07, 6.45) is -0.427. The highest BCUT2D eigenvalue weighted by Gasteiger charge is 2.16. The molecule has 1 aromatic carbocycles. The quantitative estimate of drug-likeness (QED) is 0.832. The van der Waals surface area contributed by atoms with E-state index in [4.69, 9.17) is 4.74 Å². The Labute approximate surface area is 117 Å². The number of hydrogen-bond acceptors (Lipinski definition) is 2. The van der Waals surface area contributed by atoms with Crippen molar-refractivity contribution in [3.63, 3.8) is 0 Å². The minimum atomic E-state index is -0.478. The Balaban J connectivity index is 2.61. The molecule has 1 rings (SSSR count). The lowest BCUT2D eigenvalue weighted by atomic mass is 10.0. The van der Waals surface area contributed by atoms with Gasteiger partial charge in [0, 0.05) is 11.0 Å². The van der Waals surface area contributed by atoms with Crippen LogP contribution >= 0.6 is 15.9 Å². The maximum Gasteiger partial charge on any atom is 0.412 e. The Morgan fingerprint density at radius 1 is 1.33 bits per heavy atom. The second kappa shape index (κ2) is 6.23. The van der Waals surface area contributed by atoms with Crippen LogP contribution in [0.4, 0.5) is 10.5 Å². The Morgan fingerprint density at radius 2 is 1.89 bits per heavy atom. The fourth-order valence-electron chi connectivity index (χ4n) is 1.41. The highest BCUT2D eigenvalue weighted by Crippen LogP contribution is 2.20. The first kappa shape index (κ1) is 15.0. The minimum absolute atomic E-state index is 0.427. The number of benzene rings is 1. The van der Waals surface area contributed by atoms with E-state index in [1.807, 2.05) is 45.0 Å². The molecule has 0 fully saturated rings. The Morgan fingerprint density at radius 3 is 2.33 bits per heavy atom. The average molecular weight is 314 g/mol. The molecule has 0 aliphatic carbocycles. The Bertz CT molecular complexity index is 395. The predicted molar refractivity (Wildman–Crippen MR) is 78.5 cm³/mol. The largest absolute Gasteiger partial charge is 0.444 e. The molecule has 3 nitrogen and oxygen atoms in total. The van der Waals surface area contributed by atoms with Gasteiger partial charge in [-0.3, -0.25) is 5.32 Å². The smallest absolute Gasteiger partial charge is 0.412 e. The van der Waals surface area contributed by atoms with E-state index in [2.05, 4.69) is 28.2 Å². The maximum atomic E-state index is 11.6. The molecule has 1 aromatic rings. The van der Waals surface area contributed by atoms with E-state index in [1.165, 1.54) is 5.56 Å². The van der Waals surface area contributed by atoms with Gasteiger partial charge in [0.15, 0.2) is 0 Å². The maximum absolute atomic E-state index is 11.6. The number of carbonyl (C=O) groups excluding carboxylic acids is 1. The van der Waals surface area contributed by atoms with Crippen LogP contribution in [0.2, 0.25) is 0 Å². The van der Waals surface area contributed by atoms with E-state index >= 15 is 0 Å². The number of hydrogen-bond donors (Lipinski definition) is 1. The SMILES string of the molecule is CC(CBr)c1ccc(NC(=O)OC(C)(C)C)cc1. The van der Waals surface area contributed by atoms with Gasteiger partial charge in [-0.1, -0.05) is 35.0 Å². The topological polar surface area (TPSA) is 38.3 Å². The highest BCUT2D eigenvalue weighted by atomic mass is 79.9. The van der Waals surface area contributed by atoms with Gasteiger partial charge in [-0.05, 0) is 44.4 Å². The van der Waals surface area contributed by atoms with Gasteiger partial charge in [-0.15, -0.1) is 0 Å². The van der Waals surface area contributed by atoms with Crippen molar-refractivity contribution in [2.24, 2.45) is 0 Å². The third-order valence-corrected chi connectivity index (χ3v) is 3.33. The van der Waals surface area contributed by atoms with E-state index < -0.39 is 11.7 Å². The van der Waals surface area contributed by atoms with Crippen molar-refractivity contribution < 1.29 is 9.53 Å². The third-order valence-electron chi connectivity index (χ3n) is 2.36. The van der Waals surface area contributed by atoms with E-state index in [1.54, 1.807) is 0 Å². The van der Waals surface area contributed by atoms with Crippen LogP contribution in [0.25, 0.3) is 0 Å². The summed E-state index contributed by atoms with van der Waals surface area (Å²) in [6, 6.07) is 7.80. The lowest BCUT2D eigenvalue weighted by Crippen LogP contribution is -2.27. The van der Waals surface area contributed by atoms with Crippen LogP contribution in [0.3, 0.4) is 0 Å². The molecule has 0 bridgehead atoms. The van der Waals surface area contributed by atoms with Gasteiger partial charge >= 0.3 is 6.09 Å². The summed E-state index contributed by atoms with van der Waals surface area (Å²) in [6.45, 7) is 7.67. The second-order valence-corrected chi connectivity index (χ2v) is 5.95. The molecule has 100 valence electrons. The summed E-state index contributed by atoms with van der Waals surface area (Å²) < 4.78 is 5.18. The lowest BCUT2D eigenvalue weighted by Gasteiger charge is -2.19. The van der Waals surface area contributed by atoms with Crippen molar-refractivity contribution in [2.45, 2.75) is 39.2 Å². The van der Waals surface area contributed by atoms with E-state index in [0.717, 1.165) is 11.0 Å². The van der Waals surface area contributed by atoms with E-state index in [9.17, 15) is 4.79 Å². The number of alkyl halides is 1. The number of carbonyl (C=O) groups is 1. The Hall–Kier alpha value is -1.03. The number of halogens is 1. The van der Waals surface area contributed by atoms with Crippen molar-refractivity contribution >= 4 is 27.7 Å². The molecule has 1 unspecified atom stereocenters. The molecule has 18 heavy (non-hydrogen) atoms. The van der Waals surface area contributed by atoms with Crippen molar-refractivity contribution in [1.82, 2.24) is 0 Å². The predicted octanol–water partition coefficient (Wildman–Crippen LogP) is 4.53. The number of amides is 1. The summed E-state index contributed by atoms with van der Waals surface area (Å²) in [7, 11) is 0. The average Bonchev–Trinajstić information content (AvgIpc) is 2.26. The van der Waals surface area contributed by atoms with Crippen molar-refractivity contribution in [3.05, 3.63) is 29.8 Å². The van der Waals surface area contributed by atoms with Gasteiger partial charge in [-0.25, -0.2) is 4.79 Å². The normalized spacial score (nSPS) is 12.9. The van der Waals surface area contributed by atoms with Crippen LogP contribution in [0, 0.1) is 0 Å². The third kappa shape index (κ3) is 5.08. The van der Waals surface area contributed by atoms with Gasteiger partial charge < -0.3 is 4.74 Å². The van der Waals surface area contributed by atoms with Gasteiger partial charge in [0.2, 0.25) is 0 Å². The summed E-state index contributed by atoms with van der Waals surface area (Å²) in [5, 5.41) is 3.63. The molecule has 0 saturated carbocycles.